The minimum atomic E-state index is -1.06. The van der Waals surface area contributed by atoms with Crippen LogP contribution in [0.15, 0.2) is 24.4 Å². The number of hydrogen-bond acceptors (Lipinski definition) is 5. The summed E-state index contributed by atoms with van der Waals surface area (Å²) in [7, 11) is 3.94. The van der Waals surface area contributed by atoms with Crippen molar-refractivity contribution in [3.63, 3.8) is 0 Å². The summed E-state index contributed by atoms with van der Waals surface area (Å²) >= 11 is 0. The van der Waals surface area contributed by atoms with Gasteiger partial charge in [-0.1, -0.05) is 6.07 Å². The first kappa shape index (κ1) is 17.1. The Kier molecular flexibility index (Phi) is 4.80. The lowest BCUT2D eigenvalue weighted by Gasteiger charge is -2.28. The summed E-state index contributed by atoms with van der Waals surface area (Å²) in [5, 5.41) is 13.3. The SMILES string of the molecule is CN(C)CCn1nccc1C(=O)N1CCc2ccc(C(=O)O)nc2C1. The summed E-state index contributed by atoms with van der Waals surface area (Å²) < 4.78 is 1.71. The molecule has 132 valence electrons. The van der Waals surface area contributed by atoms with Crippen molar-refractivity contribution in [1.29, 1.82) is 0 Å². The fraction of sp³-hybridized carbons (Fsp3) is 0.412. The highest BCUT2D eigenvalue weighted by molar-refractivity contribution is 5.92. The number of carboxylic acid groups (broad SMARTS) is 1. The minimum absolute atomic E-state index is 0.00377. The molecule has 2 aromatic rings. The molecule has 0 aromatic carbocycles. The minimum Gasteiger partial charge on any atom is -0.477 e. The van der Waals surface area contributed by atoms with E-state index in [0.717, 1.165) is 12.1 Å². The van der Waals surface area contributed by atoms with Gasteiger partial charge in [0, 0.05) is 19.3 Å². The van der Waals surface area contributed by atoms with Gasteiger partial charge in [0.15, 0.2) is 0 Å². The molecule has 0 fully saturated rings. The molecule has 2 aromatic heterocycles. The van der Waals surface area contributed by atoms with Crippen LogP contribution in [0.4, 0.5) is 0 Å². The highest BCUT2D eigenvalue weighted by Gasteiger charge is 2.25. The van der Waals surface area contributed by atoms with Crippen molar-refractivity contribution in [2.75, 3.05) is 27.2 Å². The van der Waals surface area contributed by atoms with E-state index < -0.39 is 5.97 Å². The maximum absolute atomic E-state index is 12.9. The van der Waals surface area contributed by atoms with Crippen molar-refractivity contribution >= 4 is 11.9 Å². The van der Waals surface area contributed by atoms with E-state index in [1.54, 1.807) is 27.9 Å². The second-order valence-corrected chi connectivity index (χ2v) is 6.33. The Labute approximate surface area is 145 Å². The average molecular weight is 343 g/mol. The van der Waals surface area contributed by atoms with E-state index in [2.05, 4.69) is 10.1 Å². The van der Waals surface area contributed by atoms with Gasteiger partial charge in [-0.05, 0) is 38.2 Å². The molecule has 1 N–H and O–H groups in total. The summed E-state index contributed by atoms with van der Waals surface area (Å²) in [6, 6.07) is 5.01. The van der Waals surface area contributed by atoms with Crippen LogP contribution in [0.1, 0.15) is 32.2 Å². The zero-order valence-electron chi connectivity index (χ0n) is 14.3. The maximum atomic E-state index is 12.9. The molecule has 3 rings (SSSR count). The van der Waals surface area contributed by atoms with Crippen LogP contribution in [0.25, 0.3) is 0 Å². The zero-order chi connectivity index (χ0) is 18.0. The largest absolute Gasteiger partial charge is 0.477 e. The van der Waals surface area contributed by atoms with Crippen molar-refractivity contribution in [3.05, 3.63) is 47.0 Å². The molecule has 1 amide bonds. The molecular weight excluding hydrogens is 322 g/mol. The van der Waals surface area contributed by atoms with Crippen molar-refractivity contribution < 1.29 is 14.7 Å². The topological polar surface area (TPSA) is 91.6 Å². The number of pyridine rings is 1. The van der Waals surface area contributed by atoms with Crippen LogP contribution in [0.3, 0.4) is 0 Å². The summed E-state index contributed by atoms with van der Waals surface area (Å²) in [6.45, 7) is 2.31. The van der Waals surface area contributed by atoms with E-state index in [0.29, 0.717) is 37.4 Å². The fourth-order valence-corrected chi connectivity index (χ4v) is 2.85. The van der Waals surface area contributed by atoms with Crippen LogP contribution in [0.2, 0.25) is 0 Å². The molecule has 1 aliphatic rings. The predicted molar refractivity (Wildman–Crippen MR) is 90.4 cm³/mol. The first-order chi connectivity index (χ1) is 12.0. The number of likely N-dealkylation sites (N-methyl/N-ethyl adjacent to an activating group) is 1. The van der Waals surface area contributed by atoms with E-state index >= 15 is 0 Å². The van der Waals surface area contributed by atoms with Gasteiger partial charge in [0.2, 0.25) is 0 Å². The van der Waals surface area contributed by atoms with E-state index in [-0.39, 0.29) is 11.6 Å². The Balaban J connectivity index is 1.77. The van der Waals surface area contributed by atoms with Crippen LogP contribution in [0.5, 0.6) is 0 Å². The number of nitrogens with zero attached hydrogens (tertiary/aromatic N) is 5. The first-order valence-corrected chi connectivity index (χ1v) is 8.13. The van der Waals surface area contributed by atoms with Gasteiger partial charge in [-0.3, -0.25) is 9.48 Å². The monoisotopic (exact) mass is 343 g/mol. The number of aromatic nitrogens is 3. The van der Waals surface area contributed by atoms with Gasteiger partial charge in [-0.25, -0.2) is 9.78 Å². The van der Waals surface area contributed by atoms with Crippen molar-refractivity contribution in [2.45, 2.75) is 19.5 Å². The van der Waals surface area contributed by atoms with Crippen molar-refractivity contribution in [1.82, 2.24) is 24.6 Å². The second kappa shape index (κ2) is 7.02. The number of carboxylic acids is 1. The molecule has 0 spiro atoms. The number of carbonyl (C=O) groups excluding carboxylic acids is 1. The van der Waals surface area contributed by atoms with E-state index in [1.165, 1.54) is 6.07 Å². The van der Waals surface area contributed by atoms with Crippen LogP contribution in [-0.4, -0.2) is 68.7 Å². The van der Waals surface area contributed by atoms with Gasteiger partial charge in [-0.15, -0.1) is 0 Å². The zero-order valence-corrected chi connectivity index (χ0v) is 14.3. The van der Waals surface area contributed by atoms with E-state index in [1.807, 2.05) is 19.0 Å². The third-order valence-corrected chi connectivity index (χ3v) is 4.26. The molecule has 8 nitrogen and oxygen atoms in total. The van der Waals surface area contributed by atoms with Gasteiger partial charge < -0.3 is 14.9 Å². The maximum Gasteiger partial charge on any atom is 0.354 e. The number of hydrogen-bond donors (Lipinski definition) is 1. The number of carbonyl (C=O) groups is 2. The third kappa shape index (κ3) is 3.69. The highest BCUT2D eigenvalue weighted by Crippen LogP contribution is 2.19. The quantitative estimate of drug-likeness (QED) is 0.861. The summed E-state index contributed by atoms with van der Waals surface area (Å²) in [5.41, 5.74) is 2.19. The Bertz CT molecular complexity index is 799. The molecule has 0 saturated carbocycles. The molecule has 0 atom stereocenters. The molecule has 8 heteroatoms. The normalized spacial score (nSPS) is 13.8. The Hall–Kier alpha value is -2.74. The lowest BCUT2D eigenvalue weighted by molar-refractivity contribution is 0.0689. The van der Waals surface area contributed by atoms with Crippen LogP contribution in [-0.2, 0) is 19.5 Å². The molecule has 25 heavy (non-hydrogen) atoms. The molecule has 0 bridgehead atoms. The molecule has 1 aliphatic heterocycles. The smallest absolute Gasteiger partial charge is 0.354 e. The Morgan fingerprint density at radius 3 is 2.80 bits per heavy atom. The van der Waals surface area contributed by atoms with Gasteiger partial charge in [0.1, 0.15) is 11.4 Å². The molecule has 0 aliphatic carbocycles. The Morgan fingerprint density at radius 2 is 2.08 bits per heavy atom. The average Bonchev–Trinajstić information content (AvgIpc) is 3.06. The Morgan fingerprint density at radius 1 is 1.28 bits per heavy atom. The molecule has 0 radical (unpaired) electrons. The molecule has 0 unspecified atom stereocenters. The standard InChI is InChI=1S/C17H21N5O3/c1-20(2)9-10-22-15(5-7-18-22)16(23)21-8-6-12-3-4-13(17(24)25)19-14(12)11-21/h3-5,7H,6,8-11H2,1-2H3,(H,24,25). The molecule has 3 heterocycles. The van der Waals surface area contributed by atoms with Gasteiger partial charge >= 0.3 is 5.97 Å². The molecular formula is C17H21N5O3. The lowest BCUT2D eigenvalue weighted by Crippen LogP contribution is -2.38. The number of rotatable bonds is 5. The summed E-state index contributed by atoms with van der Waals surface area (Å²) in [4.78, 5) is 31.9. The highest BCUT2D eigenvalue weighted by atomic mass is 16.4. The van der Waals surface area contributed by atoms with Crippen molar-refractivity contribution in [2.24, 2.45) is 0 Å². The van der Waals surface area contributed by atoms with Gasteiger partial charge in [0.25, 0.3) is 5.91 Å². The predicted octanol–water partition coefficient (Wildman–Crippen LogP) is 0.736. The third-order valence-electron chi connectivity index (χ3n) is 4.26. The summed E-state index contributed by atoms with van der Waals surface area (Å²) in [6.07, 6.45) is 2.29. The second-order valence-electron chi connectivity index (χ2n) is 6.33. The first-order valence-electron chi connectivity index (χ1n) is 8.13. The summed E-state index contributed by atoms with van der Waals surface area (Å²) in [5.74, 6) is -1.17. The van der Waals surface area contributed by atoms with Crippen LogP contribution < -0.4 is 0 Å². The number of aromatic carboxylic acids is 1. The number of amides is 1. The fourth-order valence-electron chi connectivity index (χ4n) is 2.85. The van der Waals surface area contributed by atoms with Gasteiger partial charge in [-0.2, -0.15) is 5.10 Å². The van der Waals surface area contributed by atoms with Crippen molar-refractivity contribution in [3.8, 4) is 0 Å². The van der Waals surface area contributed by atoms with E-state index in [4.69, 9.17) is 5.11 Å². The number of fused-ring (bicyclic) bond motifs is 1. The van der Waals surface area contributed by atoms with E-state index in [9.17, 15) is 9.59 Å². The van der Waals surface area contributed by atoms with Gasteiger partial charge in [0.05, 0.1) is 18.8 Å². The van der Waals surface area contributed by atoms with Crippen LogP contribution in [0, 0.1) is 0 Å². The van der Waals surface area contributed by atoms with Crippen LogP contribution >= 0.6 is 0 Å². The molecule has 0 saturated heterocycles. The lowest BCUT2D eigenvalue weighted by atomic mass is 10.0.